The summed E-state index contributed by atoms with van der Waals surface area (Å²) in [7, 11) is 0. The number of carbonyl (C=O) groups excluding carboxylic acids is 1. The van der Waals surface area contributed by atoms with E-state index in [4.69, 9.17) is 33.4 Å². The molecule has 0 unspecified atom stereocenters. The summed E-state index contributed by atoms with van der Waals surface area (Å²) in [6.45, 7) is 1.26. The number of phenols is 1. The molecule has 0 radical (unpaired) electrons. The first-order valence-corrected chi connectivity index (χ1v) is 9.94. The van der Waals surface area contributed by atoms with Gasteiger partial charge in [-0.25, -0.2) is 4.79 Å². The topological polar surface area (TPSA) is 124 Å². The lowest BCUT2D eigenvalue weighted by molar-refractivity contribution is -0.136. The van der Waals surface area contributed by atoms with E-state index in [0.29, 0.717) is 27.0 Å². The van der Waals surface area contributed by atoms with Gasteiger partial charge in [0.15, 0.2) is 5.78 Å². The number of para-hydroxylation sites is 3. The molecular formula is C23H19Cl2NO6. The van der Waals surface area contributed by atoms with Crippen LogP contribution in [0.4, 0.5) is 11.4 Å². The van der Waals surface area contributed by atoms with Gasteiger partial charge in [0.1, 0.15) is 11.3 Å². The van der Waals surface area contributed by atoms with Crippen molar-refractivity contribution in [3.63, 3.8) is 0 Å². The maximum Gasteiger partial charge on any atom is 0.339 e. The number of rotatable bonds is 6. The number of anilines is 2. The zero-order chi connectivity index (χ0) is 23.8. The van der Waals surface area contributed by atoms with Gasteiger partial charge in [-0.15, -0.1) is 0 Å². The van der Waals surface area contributed by atoms with Gasteiger partial charge in [-0.3, -0.25) is 9.59 Å². The molecule has 0 amide bonds. The van der Waals surface area contributed by atoms with Crippen molar-refractivity contribution in [2.24, 2.45) is 0 Å². The molecule has 0 aliphatic heterocycles. The Morgan fingerprint density at radius 2 is 1.41 bits per heavy atom. The van der Waals surface area contributed by atoms with E-state index in [1.54, 1.807) is 36.4 Å². The Morgan fingerprint density at radius 3 is 1.97 bits per heavy atom. The number of carboxylic acid groups (broad SMARTS) is 2. The van der Waals surface area contributed by atoms with E-state index in [9.17, 15) is 19.5 Å². The summed E-state index contributed by atoms with van der Waals surface area (Å²) in [6.07, 6.45) is -0.0642. The van der Waals surface area contributed by atoms with Crippen LogP contribution in [0.2, 0.25) is 10.0 Å². The van der Waals surface area contributed by atoms with Gasteiger partial charge < -0.3 is 20.6 Å². The Morgan fingerprint density at radius 1 is 0.844 bits per heavy atom. The van der Waals surface area contributed by atoms with E-state index in [-0.39, 0.29) is 23.3 Å². The summed E-state index contributed by atoms with van der Waals surface area (Å²) in [5, 5.41) is 30.9. The highest BCUT2D eigenvalue weighted by atomic mass is 35.5. The molecule has 3 aromatic rings. The minimum atomic E-state index is -1.25. The Balaban J connectivity index is 0.000000244. The molecule has 3 rings (SSSR count). The predicted octanol–water partition coefficient (Wildman–Crippen LogP) is 5.66. The first kappa shape index (κ1) is 24.7. The minimum absolute atomic E-state index is 0.0277. The van der Waals surface area contributed by atoms with Crippen LogP contribution in [-0.2, 0) is 11.2 Å². The molecule has 0 aromatic heterocycles. The largest absolute Gasteiger partial charge is 0.506 e. The molecule has 166 valence electrons. The van der Waals surface area contributed by atoms with E-state index in [0.717, 1.165) is 0 Å². The van der Waals surface area contributed by atoms with Crippen LogP contribution >= 0.6 is 23.2 Å². The van der Waals surface area contributed by atoms with E-state index < -0.39 is 17.7 Å². The lowest BCUT2D eigenvalue weighted by Gasteiger charge is -2.13. The molecule has 0 fully saturated rings. The van der Waals surface area contributed by atoms with Crippen molar-refractivity contribution in [1.29, 1.82) is 0 Å². The molecule has 0 spiro atoms. The van der Waals surface area contributed by atoms with E-state index >= 15 is 0 Å². The molecule has 0 atom stereocenters. The van der Waals surface area contributed by atoms with Crippen molar-refractivity contribution in [2.45, 2.75) is 13.3 Å². The third-order valence-electron chi connectivity index (χ3n) is 4.23. The number of aromatic carboxylic acids is 1. The minimum Gasteiger partial charge on any atom is -0.506 e. The van der Waals surface area contributed by atoms with Crippen LogP contribution in [0.1, 0.15) is 33.2 Å². The Bertz CT molecular complexity index is 1110. The van der Waals surface area contributed by atoms with Crippen LogP contribution in [0.3, 0.4) is 0 Å². The van der Waals surface area contributed by atoms with Crippen molar-refractivity contribution in [1.82, 2.24) is 0 Å². The third-order valence-corrected chi connectivity index (χ3v) is 4.86. The smallest absolute Gasteiger partial charge is 0.339 e. The van der Waals surface area contributed by atoms with Gasteiger partial charge in [0.05, 0.1) is 27.7 Å². The second kappa shape index (κ2) is 11.2. The number of aliphatic carboxylic acids is 1. The van der Waals surface area contributed by atoms with Crippen molar-refractivity contribution in [2.75, 3.05) is 5.32 Å². The van der Waals surface area contributed by atoms with Crippen molar-refractivity contribution < 1.29 is 29.7 Å². The summed E-state index contributed by atoms with van der Waals surface area (Å²) in [5.41, 5.74) is 1.70. The van der Waals surface area contributed by atoms with E-state index in [1.165, 1.54) is 25.1 Å². The maximum atomic E-state index is 10.9. The lowest BCUT2D eigenvalue weighted by atomic mass is 10.1. The van der Waals surface area contributed by atoms with Crippen LogP contribution < -0.4 is 5.32 Å². The molecule has 9 heteroatoms. The molecule has 0 saturated carbocycles. The Labute approximate surface area is 193 Å². The highest BCUT2D eigenvalue weighted by Gasteiger charge is 2.14. The average molecular weight is 476 g/mol. The van der Waals surface area contributed by atoms with Gasteiger partial charge in [-0.1, -0.05) is 53.5 Å². The van der Waals surface area contributed by atoms with Crippen molar-refractivity contribution >= 4 is 52.3 Å². The fourth-order valence-electron chi connectivity index (χ4n) is 2.71. The molecule has 7 nitrogen and oxygen atoms in total. The molecule has 32 heavy (non-hydrogen) atoms. The molecule has 0 saturated heterocycles. The zero-order valence-corrected chi connectivity index (χ0v) is 18.3. The van der Waals surface area contributed by atoms with E-state index in [2.05, 4.69) is 5.32 Å². The fourth-order valence-corrected chi connectivity index (χ4v) is 3.20. The monoisotopic (exact) mass is 475 g/mol. The number of benzene rings is 3. The average Bonchev–Trinajstić information content (AvgIpc) is 2.72. The van der Waals surface area contributed by atoms with Crippen LogP contribution in [0.25, 0.3) is 0 Å². The first-order chi connectivity index (χ1) is 15.1. The number of hydrogen-bond acceptors (Lipinski definition) is 5. The highest BCUT2D eigenvalue weighted by Crippen LogP contribution is 2.33. The quantitative estimate of drug-likeness (QED) is 0.339. The normalized spacial score (nSPS) is 9.97. The molecule has 0 aliphatic rings. The SMILES string of the molecule is CC(=O)c1cccc(C(=O)O)c1O.O=C(O)Cc1ccccc1Nc1c(Cl)cccc1Cl. The predicted molar refractivity (Wildman–Crippen MR) is 123 cm³/mol. The molecule has 3 aromatic carbocycles. The second-order valence-electron chi connectivity index (χ2n) is 6.51. The number of Topliss-reactive ketones (excluding diaryl/α,β-unsaturated/α-hetero) is 1. The van der Waals surface area contributed by atoms with E-state index in [1.807, 2.05) is 6.07 Å². The standard InChI is InChI=1S/C14H11Cl2NO2.C9H8O4/c15-10-5-3-6-11(16)14(10)17-12-7-2-1-4-9(12)8-13(18)19;1-5(10)6-3-2-4-7(8(6)11)9(12)13/h1-7,17H,8H2,(H,18,19);2-4,11H,1H3,(H,12,13). The van der Waals surface area contributed by atoms with Gasteiger partial charge in [0.25, 0.3) is 0 Å². The second-order valence-corrected chi connectivity index (χ2v) is 7.33. The van der Waals surface area contributed by atoms with Crippen LogP contribution in [0, 0.1) is 0 Å². The van der Waals surface area contributed by atoms with Crippen molar-refractivity contribution in [3.05, 3.63) is 87.4 Å². The Kier molecular flexibility index (Phi) is 8.63. The molecule has 0 bridgehead atoms. The van der Waals surface area contributed by atoms with Crippen molar-refractivity contribution in [3.8, 4) is 5.75 Å². The summed E-state index contributed by atoms with van der Waals surface area (Å²) in [6, 6.07) is 16.4. The van der Waals surface area contributed by atoms with Crippen LogP contribution in [0.15, 0.2) is 60.7 Å². The summed E-state index contributed by atoms with van der Waals surface area (Å²) in [5.74, 6) is -2.97. The zero-order valence-electron chi connectivity index (χ0n) is 16.8. The molecule has 0 heterocycles. The number of ketones is 1. The number of carbonyl (C=O) groups is 3. The van der Waals surface area contributed by atoms with Gasteiger partial charge >= 0.3 is 11.9 Å². The van der Waals surface area contributed by atoms with Crippen LogP contribution in [-0.4, -0.2) is 33.0 Å². The summed E-state index contributed by atoms with van der Waals surface area (Å²) < 4.78 is 0. The van der Waals surface area contributed by atoms with Gasteiger partial charge in [-0.05, 0) is 42.8 Å². The first-order valence-electron chi connectivity index (χ1n) is 9.18. The highest BCUT2D eigenvalue weighted by molar-refractivity contribution is 6.39. The Hall–Kier alpha value is -3.55. The fraction of sp³-hybridized carbons (Fsp3) is 0.0870. The number of carboxylic acids is 2. The van der Waals surface area contributed by atoms with Gasteiger partial charge in [-0.2, -0.15) is 0 Å². The molecular weight excluding hydrogens is 457 g/mol. The summed E-state index contributed by atoms with van der Waals surface area (Å²) in [4.78, 5) is 32.2. The lowest BCUT2D eigenvalue weighted by Crippen LogP contribution is -2.04. The third kappa shape index (κ3) is 6.47. The number of halogens is 2. The number of nitrogens with one attached hydrogen (secondary N) is 1. The maximum absolute atomic E-state index is 10.9. The van der Waals surface area contributed by atoms with Crippen LogP contribution in [0.5, 0.6) is 5.75 Å². The number of aromatic hydroxyl groups is 1. The molecule has 0 aliphatic carbocycles. The molecule has 4 N–H and O–H groups in total. The number of hydrogen-bond donors (Lipinski definition) is 4. The van der Waals surface area contributed by atoms with Gasteiger partial charge in [0, 0.05) is 5.69 Å². The van der Waals surface area contributed by atoms with Gasteiger partial charge in [0.2, 0.25) is 0 Å². The summed E-state index contributed by atoms with van der Waals surface area (Å²) >= 11 is 12.1.